The van der Waals surface area contributed by atoms with Crippen LogP contribution in [0.1, 0.15) is 18.1 Å². The quantitative estimate of drug-likeness (QED) is 0.649. The molecule has 1 heteroatoms. The Morgan fingerprint density at radius 3 is 2.73 bits per heavy atom. The molecule has 1 nitrogen and oxygen atoms in total. The standard InChI is InChI=1S/C10H12O/c1-3-5-9-7-4-6-8(2)10(9)11/h3-7,11H,1-2H3/b5-3+. The molecular formula is C10H12O. The minimum absolute atomic E-state index is 0.380. The van der Waals surface area contributed by atoms with E-state index in [4.69, 9.17) is 0 Å². The van der Waals surface area contributed by atoms with E-state index in [1.807, 2.05) is 44.2 Å². The van der Waals surface area contributed by atoms with Crippen LogP contribution in [0.25, 0.3) is 6.08 Å². The van der Waals surface area contributed by atoms with Gasteiger partial charge in [0.05, 0.1) is 0 Å². The highest BCUT2D eigenvalue weighted by atomic mass is 16.3. The van der Waals surface area contributed by atoms with Crippen LogP contribution in [-0.4, -0.2) is 5.11 Å². The van der Waals surface area contributed by atoms with E-state index < -0.39 is 0 Å². The molecule has 1 N–H and O–H groups in total. The number of phenols is 1. The molecule has 1 aromatic carbocycles. The van der Waals surface area contributed by atoms with Gasteiger partial charge >= 0.3 is 0 Å². The summed E-state index contributed by atoms with van der Waals surface area (Å²) in [4.78, 5) is 0. The lowest BCUT2D eigenvalue weighted by Gasteiger charge is -2.00. The summed E-state index contributed by atoms with van der Waals surface area (Å²) >= 11 is 0. The molecule has 0 atom stereocenters. The van der Waals surface area contributed by atoms with Crippen molar-refractivity contribution in [3.63, 3.8) is 0 Å². The predicted octanol–water partition coefficient (Wildman–Crippen LogP) is 2.73. The summed E-state index contributed by atoms with van der Waals surface area (Å²) in [6, 6.07) is 5.72. The number of hydrogen-bond donors (Lipinski definition) is 1. The fourth-order valence-corrected chi connectivity index (χ4v) is 0.996. The maximum absolute atomic E-state index is 9.48. The minimum atomic E-state index is 0.380. The van der Waals surface area contributed by atoms with E-state index in [-0.39, 0.29) is 0 Å². The average molecular weight is 148 g/mol. The number of benzene rings is 1. The van der Waals surface area contributed by atoms with Gasteiger partial charge in [0, 0.05) is 5.56 Å². The lowest BCUT2D eigenvalue weighted by Crippen LogP contribution is -1.77. The number of aromatic hydroxyl groups is 1. The van der Waals surface area contributed by atoms with Crippen LogP contribution in [0, 0.1) is 6.92 Å². The smallest absolute Gasteiger partial charge is 0.125 e. The van der Waals surface area contributed by atoms with Crippen molar-refractivity contribution in [3.05, 3.63) is 35.4 Å². The first kappa shape index (κ1) is 7.86. The minimum Gasteiger partial charge on any atom is -0.507 e. The van der Waals surface area contributed by atoms with Crippen molar-refractivity contribution in [3.8, 4) is 5.75 Å². The van der Waals surface area contributed by atoms with E-state index in [2.05, 4.69) is 0 Å². The molecule has 1 aromatic rings. The second-order valence-electron chi connectivity index (χ2n) is 2.51. The number of rotatable bonds is 1. The Labute approximate surface area is 67.0 Å². The fraction of sp³-hybridized carbons (Fsp3) is 0.200. The van der Waals surface area contributed by atoms with Crippen LogP contribution in [-0.2, 0) is 0 Å². The van der Waals surface area contributed by atoms with E-state index in [0.717, 1.165) is 11.1 Å². The highest BCUT2D eigenvalue weighted by molar-refractivity contribution is 5.58. The van der Waals surface area contributed by atoms with Crippen molar-refractivity contribution in [1.82, 2.24) is 0 Å². The summed E-state index contributed by atoms with van der Waals surface area (Å²) < 4.78 is 0. The van der Waals surface area contributed by atoms with Crippen molar-refractivity contribution < 1.29 is 5.11 Å². The van der Waals surface area contributed by atoms with Crippen LogP contribution in [0.5, 0.6) is 5.75 Å². The Morgan fingerprint density at radius 2 is 2.09 bits per heavy atom. The van der Waals surface area contributed by atoms with E-state index in [1.54, 1.807) is 0 Å². The van der Waals surface area contributed by atoms with Crippen molar-refractivity contribution in [1.29, 1.82) is 0 Å². The Balaban J connectivity index is 3.16. The fourth-order valence-electron chi connectivity index (χ4n) is 0.996. The molecule has 0 bridgehead atoms. The molecule has 0 aliphatic heterocycles. The molecular weight excluding hydrogens is 136 g/mol. The molecule has 11 heavy (non-hydrogen) atoms. The largest absolute Gasteiger partial charge is 0.507 e. The Morgan fingerprint density at radius 1 is 1.36 bits per heavy atom. The maximum atomic E-state index is 9.48. The third-order valence-corrected chi connectivity index (χ3v) is 1.62. The Hall–Kier alpha value is -1.24. The molecule has 0 heterocycles. The van der Waals surface area contributed by atoms with Gasteiger partial charge in [-0.05, 0) is 19.4 Å². The Bertz CT molecular complexity index is 274. The lowest BCUT2D eigenvalue weighted by molar-refractivity contribution is 0.470. The van der Waals surface area contributed by atoms with Crippen molar-refractivity contribution in [2.45, 2.75) is 13.8 Å². The van der Waals surface area contributed by atoms with Crippen LogP contribution >= 0.6 is 0 Å². The van der Waals surface area contributed by atoms with Gasteiger partial charge in [0.2, 0.25) is 0 Å². The molecule has 0 fully saturated rings. The highest BCUT2D eigenvalue weighted by Crippen LogP contribution is 2.22. The first-order valence-corrected chi connectivity index (χ1v) is 3.67. The first-order chi connectivity index (χ1) is 5.25. The van der Waals surface area contributed by atoms with Crippen molar-refractivity contribution >= 4 is 6.08 Å². The summed E-state index contributed by atoms with van der Waals surface area (Å²) in [5.74, 6) is 0.380. The third kappa shape index (κ3) is 1.61. The van der Waals surface area contributed by atoms with Gasteiger partial charge in [0.25, 0.3) is 0 Å². The van der Waals surface area contributed by atoms with E-state index >= 15 is 0 Å². The topological polar surface area (TPSA) is 20.2 Å². The van der Waals surface area contributed by atoms with Crippen LogP contribution in [0.4, 0.5) is 0 Å². The molecule has 1 rings (SSSR count). The molecule has 0 amide bonds. The zero-order chi connectivity index (χ0) is 8.27. The van der Waals surface area contributed by atoms with Gasteiger partial charge in [0.15, 0.2) is 0 Å². The van der Waals surface area contributed by atoms with E-state index in [9.17, 15) is 5.11 Å². The molecule has 0 saturated carbocycles. The van der Waals surface area contributed by atoms with Crippen LogP contribution in [0.3, 0.4) is 0 Å². The maximum Gasteiger partial charge on any atom is 0.125 e. The first-order valence-electron chi connectivity index (χ1n) is 3.67. The molecule has 0 aromatic heterocycles. The SMILES string of the molecule is C/C=C/c1cccc(C)c1O. The van der Waals surface area contributed by atoms with Crippen molar-refractivity contribution in [2.24, 2.45) is 0 Å². The highest BCUT2D eigenvalue weighted by Gasteiger charge is 1.97. The average Bonchev–Trinajstić information content (AvgIpc) is 1.99. The lowest BCUT2D eigenvalue weighted by atomic mass is 10.1. The second kappa shape index (κ2) is 3.24. The van der Waals surface area contributed by atoms with Gasteiger partial charge in [-0.25, -0.2) is 0 Å². The molecule has 0 radical (unpaired) electrons. The van der Waals surface area contributed by atoms with E-state index in [1.165, 1.54) is 0 Å². The third-order valence-electron chi connectivity index (χ3n) is 1.62. The number of allylic oxidation sites excluding steroid dienone is 1. The van der Waals surface area contributed by atoms with Crippen LogP contribution < -0.4 is 0 Å². The molecule has 0 saturated heterocycles. The second-order valence-corrected chi connectivity index (χ2v) is 2.51. The summed E-state index contributed by atoms with van der Waals surface area (Å²) in [6.07, 6.45) is 3.80. The molecule has 0 unspecified atom stereocenters. The predicted molar refractivity (Wildman–Crippen MR) is 47.6 cm³/mol. The van der Waals surface area contributed by atoms with Gasteiger partial charge in [-0.1, -0.05) is 30.4 Å². The van der Waals surface area contributed by atoms with E-state index in [0.29, 0.717) is 5.75 Å². The molecule has 0 aliphatic rings. The van der Waals surface area contributed by atoms with Gasteiger partial charge in [0.1, 0.15) is 5.75 Å². The summed E-state index contributed by atoms with van der Waals surface area (Å²) in [5.41, 5.74) is 1.80. The monoisotopic (exact) mass is 148 g/mol. The number of para-hydroxylation sites is 1. The summed E-state index contributed by atoms with van der Waals surface area (Å²) in [6.45, 7) is 3.82. The van der Waals surface area contributed by atoms with Gasteiger partial charge in [-0.2, -0.15) is 0 Å². The molecule has 0 aliphatic carbocycles. The zero-order valence-corrected chi connectivity index (χ0v) is 6.83. The summed E-state index contributed by atoms with van der Waals surface area (Å²) in [5, 5.41) is 9.48. The van der Waals surface area contributed by atoms with Gasteiger partial charge < -0.3 is 5.11 Å². The Kier molecular flexibility index (Phi) is 2.32. The van der Waals surface area contributed by atoms with Gasteiger partial charge in [-0.3, -0.25) is 0 Å². The molecule has 0 spiro atoms. The van der Waals surface area contributed by atoms with Crippen LogP contribution in [0.2, 0.25) is 0 Å². The van der Waals surface area contributed by atoms with Gasteiger partial charge in [-0.15, -0.1) is 0 Å². The summed E-state index contributed by atoms with van der Waals surface area (Å²) in [7, 11) is 0. The van der Waals surface area contributed by atoms with Crippen molar-refractivity contribution in [2.75, 3.05) is 0 Å². The number of phenolic OH excluding ortho intramolecular Hbond substituents is 1. The normalized spacial score (nSPS) is 10.7. The zero-order valence-electron chi connectivity index (χ0n) is 6.83. The van der Waals surface area contributed by atoms with Crippen LogP contribution in [0.15, 0.2) is 24.3 Å². The molecule has 58 valence electrons. The number of hydrogen-bond acceptors (Lipinski definition) is 1. The number of aryl methyl sites for hydroxylation is 1.